The highest BCUT2D eigenvalue weighted by atomic mass is 16.5. The van der Waals surface area contributed by atoms with Crippen LogP contribution in [0.25, 0.3) is 0 Å². The minimum absolute atomic E-state index is 0.285. The minimum atomic E-state index is 0.285. The molecule has 1 heterocycles. The molecule has 1 rings (SSSR count). The Morgan fingerprint density at radius 1 is 1.39 bits per heavy atom. The van der Waals surface area contributed by atoms with Gasteiger partial charge in [0.05, 0.1) is 12.7 Å². The first kappa shape index (κ1) is 14.9. The average Bonchev–Trinajstić information content (AvgIpc) is 2.41. The largest absolute Gasteiger partial charge is 0.374 e. The van der Waals surface area contributed by atoms with E-state index < -0.39 is 0 Å². The molecule has 0 aliphatic heterocycles. The number of hydrazine groups is 1. The molecule has 1 aromatic heterocycles. The van der Waals surface area contributed by atoms with Crippen LogP contribution in [0.2, 0.25) is 0 Å². The smallest absolute Gasteiger partial charge is 0.145 e. The van der Waals surface area contributed by atoms with Crippen molar-refractivity contribution in [1.29, 1.82) is 0 Å². The monoisotopic (exact) mass is 251 g/mol. The Morgan fingerprint density at radius 3 is 2.94 bits per heavy atom. The van der Waals surface area contributed by atoms with Gasteiger partial charge >= 0.3 is 0 Å². The fourth-order valence-electron chi connectivity index (χ4n) is 1.86. The number of nitrogen functional groups attached to an aromatic ring is 1. The van der Waals surface area contributed by atoms with E-state index in [9.17, 15) is 0 Å². The van der Waals surface area contributed by atoms with Gasteiger partial charge in [-0.2, -0.15) is 0 Å². The van der Waals surface area contributed by atoms with Crippen LogP contribution < -0.4 is 11.3 Å². The second-order valence-electron chi connectivity index (χ2n) is 4.63. The van der Waals surface area contributed by atoms with Crippen LogP contribution >= 0.6 is 0 Å². The number of nitrogens with two attached hydrogens (primary N) is 1. The third-order valence-electron chi connectivity index (χ3n) is 3.02. The van der Waals surface area contributed by atoms with Gasteiger partial charge in [0.1, 0.15) is 5.82 Å². The van der Waals surface area contributed by atoms with Crippen LogP contribution in [0, 0.1) is 0 Å². The highest BCUT2D eigenvalue weighted by Crippen LogP contribution is 2.14. The second kappa shape index (κ2) is 8.89. The van der Waals surface area contributed by atoms with Crippen molar-refractivity contribution in [1.82, 2.24) is 4.98 Å². The molecule has 18 heavy (non-hydrogen) atoms. The summed E-state index contributed by atoms with van der Waals surface area (Å²) in [6.07, 6.45) is 8.25. The number of rotatable bonds is 9. The number of hydrogen-bond donors (Lipinski definition) is 2. The minimum Gasteiger partial charge on any atom is -0.374 e. The lowest BCUT2D eigenvalue weighted by molar-refractivity contribution is 0.0460. The van der Waals surface area contributed by atoms with E-state index >= 15 is 0 Å². The molecule has 0 aliphatic rings. The zero-order chi connectivity index (χ0) is 13.2. The van der Waals surface area contributed by atoms with Gasteiger partial charge in [-0.05, 0) is 19.4 Å². The van der Waals surface area contributed by atoms with Gasteiger partial charge in [-0.3, -0.25) is 0 Å². The van der Waals surface area contributed by atoms with E-state index in [1.54, 1.807) is 6.20 Å². The second-order valence-corrected chi connectivity index (χ2v) is 4.63. The Morgan fingerprint density at radius 2 is 2.22 bits per heavy atom. The molecule has 1 unspecified atom stereocenters. The lowest BCUT2D eigenvalue weighted by Gasteiger charge is -2.14. The quantitative estimate of drug-likeness (QED) is 0.402. The van der Waals surface area contributed by atoms with E-state index in [0.717, 1.165) is 12.0 Å². The molecule has 0 spiro atoms. The molecule has 0 radical (unpaired) electrons. The van der Waals surface area contributed by atoms with Crippen LogP contribution in [0.5, 0.6) is 0 Å². The number of pyridine rings is 1. The van der Waals surface area contributed by atoms with Gasteiger partial charge < -0.3 is 10.2 Å². The van der Waals surface area contributed by atoms with E-state index in [1.807, 2.05) is 12.1 Å². The van der Waals surface area contributed by atoms with Crippen molar-refractivity contribution in [2.75, 3.05) is 5.43 Å². The molecule has 0 saturated carbocycles. The molecule has 3 N–H and O–H groups in total. The predicted octanol–water partition coefficient (Wildman–Crippen LogP) is 3.24. The molecule has 0 saturated heterocycles. The van der Waals surface area contributed by atoms with Crippen LogP contribution in [0.3, 0.4) is 0 Å². The van der Waals surface area contributed by atoms with Gasteiger partial charge in [0, 0.05) is 11.8 Å². The molecule has 102 valence electrons. The van der Waals surface area contributed by atoms with Crippen LogP contribution in [0.15, 0.2) is 18.3 Å². The van der Waals surface area contributed by atoms with Crippen LogP contribution in [0.4, 0.5) is 5.82 Å². The first-order valence-electron chi connectivity index (χ1n) is 6.80. The van der Waals surface area contributed by atoms with E-state index in [2.05, 4.69) is 24.3 Å². The molecule has 0 amide bonds. The lowest BCUT2D eigenvalue weighted by atomic mass is 10.1. The standard InChI is InChI=1S/C14H25N3O/c1-3-4-5-6-8-12(2)18-11-13-9-7-10-16-14(13)17-15/h7,9-10,12H,3-6,8,11,15H2,1-2H3,(H,16,17). The topological polar surface area (TPSA) is 60.2 Å². The normalized spacial score (nSPS) is 12.4. The summed E-state index contributed by atoms with van der Waals surface area (Å²) in [5.74, 6) is 6.09. The summed E-state index contributed by atoms with van der Waals surface area (Å²) in [6, 6.07) is 3.87. The summed E-state index contributed by atoms with van der Waals surface area (Å²) in [6.45, 7) is 4.91. The first-order chi connectivity index (χ1) is 8.77. The van der Waals surface area contributed by atoms with E-state index in [4.69, 9.17) is 10.6 Å². The number of nitrogens with zero attached hydrogens (tertiary/aromatic N) is 1. The van der Waals surface area contributed by atoms with E-state index in [0.29, 0.717) is 12.4 Å². The van der Waals surface area contributed by atoms with Crippen LogP contribution in [-0.4, -0.2) is 11.1 Å². The van der Waals surface area contributed by atoms with E-state index in [1.165, 1.54) is 25.7 Å². The number of anilines is 1. The van der Waals surface area contributed by atoms with Gasteiger partial charge in [0.15, 0.2) is 0 Å². The van der Waals surface area contributed by atoms with Crippen molar-refractivity contribution in [2.45, 2.75) is 58.7 Å². The first-order valence-corrected chi connectivity index (χ1v) is 6.80. The van der Waals surface area contributed by atoms with Crippen molar-refractivity contribution < 1.29 is 4.74 Å². The molecule has 4 nitrogen and oxygen atoms in total. The summed E-state index contributed by atoms with van der Waals surface area (Å²) in [5, 5.41) is 0. The van der Waals surface area contributed by atoms with Gasteiger partial charge in [-0.25, -0.2) is 10.8 Å². The Balaban J connectivity index is 2.26. The Bertz CT molecular complexity index is 331. The van der Waals surface area contributed by atoms with Gasteiger partial charge in [0.2, 0.25) is 0 Å². The van der Waals surface area contributed by atoms with Gasteiger partial charge in [0.25, 0.3) is 0 Å². The third kappa shape index (κ3) is 5.47. The van der Waals surface area contributed by atoms with Crippen LogP contribution in [0.1, 0.15) is 51.5 Å². The zero-order valence-corrected chi connectivity index (χ0v) is 11.5. The molecule has 1 atom stereocenters. The number of unbranched alkanes of at least 4 members (excludes halogenated alkanes) is 3. The molecule has 0 aromatic carbocycles. The van der Waals surface area contributed by atoms with Crippen molar-refractivity contribution in [3.05, 3.63) is 23.9 Å². The summed E-state index contributed by atoms with van der Waals surface area (Å²) in [5.41, 5.74) is 3.59. The lowest BCUT2D eigenvalue weighted by Crippen LogP contribution is -2.13. The highest BCUT2D eigenvalue weighted by molar-refractivity contribution is 5.41. The zero-order valence-electron chi connectivity index (χ0n) is 11.5. The number of nitrogens with one attached hydrogen (secondary N) is 1. The number of aromatic nitrogens is 1. The third-order valence-corrected chi connectivity index (χ3v) is 3.02. The van der Waals surface area contributed by atoms with Crippen molar-refractivity contribution in [2.24, 2.45) is 5.84 Å². The summed E-state index contributed by atoms with van der Waals surface area (Å²) >= 11 is 0. The fourth-order valence-corrected chi connectivity index (χ4v) is 1.86. The maximum Gasteiger partial charge on any atom is 0.145 e. The Kier molecular flexibility index (Phi) is 7.37. The van der Waals surface area contributed by atoms with Gasteiger partial charge in [-0.15, -0.1) is 0 Å². The average molecular weight is 251 g/mol. The van der Waals surface area contributed by atoms with Crippen molar-refractivity contribution in [3.63, 3.8) is 0 Å². The molecular weight excluding hydrogens is 226 g/mol. The fraction of sp³-hybridized carbons (Fsp3) is 0.643. The number of hydrogen-bond acceptors (Lipinski definition) is 4. The predicted molar refractivity (Wildman–Crippen MR) is 75.1 cm³/mol. The maximum atomic E-state index is 5.82. The highest BCUT2D eigenvalue weighted by Gasteiger charge is 2.06. The molecule has 4 heteroatoms. The SMILES string of the molecule is CCCCCCC(C)OCc1cccnc1NN. The summed E-state index contributed by atoms with van der Waals surface area (Å²) < 4.78 is 5.82. The summed E-state index contributed by atoms with van der Waals surface area (Å²) in [4.78, 5) is 4.15. The van der Waals surface area contributed by atoms with Gasteiger partial charge in [-0.1, -0.05) is 38.7 Å². The molecular formula is C14H25N3O. The Labute approximate surface area is 110 Å². The van der Waals surface area contributed by atoms with Crippen LogP contribution in [-0.2, 0) is 11.3 Å². The van der Waals surface area contributed by atoms with E-state index in [-0.39, 0.29) is 6.10 Å². The molecule has 1 aromatic rings. The molecule has 0 bridgehead atoms. The Hall–Kier alpha value is -1.13. The number of ether oxygens (including phenoxy) is 1. The molecule has 0 aliphatic carbocycles. The van der Waals surface area contributed by atoms with Crippen molar-refractivity contribution >= 4 is 5.82 Å². The maximum absolute atomic E-state index is 5.82. The summed E-state index contributed by atoms with van der Waals surface area (Å²) in [7, 11) is 0. The van der Waals surface area contributed by atoms with Crippen molar-refractivity contribution in [3.8, 4) is 0 Å². The molecule has 0 fully saturated rings.